The molecule has 4 rings (SSSR count). The van der Waals surface area contributed by atoms with Gasteiger partial charge in [-0.15, -0.1) is 0 Å². The Labute approximate surface area is 169 Å². The van der Waals surface area contributed by atoms with Crippen molar-refractivity contribution < 1.29 is 23.8 Å². The van der Waals surface area contributed by atoms with E-state index in [1.807, 2.05) is 24.3 Å². The molecule has 2 aromatic rings. The minimum atomic E-state index is -0.780. The van der Waals surface area contributed by atoms with Crippen LogP contribution in [0.25, 0.3) is 0 Å². The number of alkyl carbamates (subject to hydrolysis) is 1. The topological polar surface area (TPSA) is 79.8 Å². The van der Waals surface area contributed by atoms with E-state index in [1.54, 1.807) is 12.1 Å². The zero-order chi connectivity index (χ0) is 20.2. The zero-order valence-electron chi connectivity index (χ0n) is 16.0. The van der Waals surface area contributed by atoms with Crippen LogP contribution in [-0.2, 0) is 17.7 Å². The van der Waals surface area contributed by atoms with E-state index in [-0.39, 0.29) is 18.4 Å². The number of benzene rings is 2. The van der Waals surface area contributed by atoms with Gasteiger partial charge in [0.05, 0.1) is 12.1 Å². The summed E-state index contributed by atoms with van der Waals surface area (Å²) in [6.07, 6.45) is 1.12. The third-order valence-electron chi connectivity index (χ3n) is 5.14. The van der Waals surface area contributed by atoms with Gasteiger partial charge in [-0.05, 0) is 54.7 Å². The van der Waals surface area contributed by atoms with Crippen LogP contribution in [0.2, 0.25) is 0 Å². The van der Waals surface area contributed by atoms with Crippen LogP contribution in [0.5, 0.6) is 5.75 Å². The lowest BCUT2D eigenvalue weighted by molar-refractivity contribution is 0.0188. The number of hydrogen-bond donors (Lipinski definition) is 3. The molecule has 3 atom stereocenters. The fourth-order valence-electron chi connectivity index (χ4n) is 3.44. The predicted molar refractivity (Wildman–Crippen MR) is 105 cm³/mol. The lowest BCUT2D eigenvalue weighted by Crippen LogP contribution is -2.41. The van der Waals surface area contributed by atoms with E-state index in [0.717, 1.165) is 24.2 Å². The molecule has 2 fully saturated rings. The van der Waals surface area contributed by atoms with Crippen LogP contribution >= 0.6 is 0 Å². The van der Waals surface area contributed by atoms with Gasteiger partial charge in [0, 0.05) is 13.1 Å². The molecular weight excluding hydrogens is 375 g/mol. The molecule has 2 aromatic carbocycles. The fourth-order valence-corrected chi connectivity index (χ4v) is 3.44. The van der Waals surface area contributed by atoms with Crippen molar-refractivity contribution in [2.24, 2.45) is 0 Å². The van der Waals surface area contributed by atoms with Crippen molar-refractivity contribution in [1.82, 2.24) is 10.6 Å². The van der Waals surface area contributed by atoms with E-state index in [2.05, 4.69) is 10.6 Å². The lowest BCUT2D eigenvalue weighted by atomic mass is 10.0. The smallest absolute Gasteiger partial charge is 0.407 e. The Kier molecular flexibility index (Phi) is 5.97. The molecule has 1 aliphatic carbocycles. The Morgan fingerprint density at radius 3 is 2.69 bits per heavy atom. The second-order valence-corrected chi connectivity index (χ2v) is 7.60. The van der Waals surface area contributed by atoms with Crippen LogP contribution in [0.3, 0.4) is 0 Å². The van der Waals surface area contributed by atoms with Crippen LogP contribution < -0.4 is 15.4 Å². The molecule has 7 heteroatoms. The number of aliphatic hydroxyl groups excluding tert-OH is 1. The van der Waals surface area contributed by atoms with Gasteiger partial charge >= 0.3 is 6.09 Å². The van der Waals surface area contributed by atoms with Gasteiger partial charge in [-0.3, -0.25) is 0 Å². The number of hydrogen-bond acceptors (Lipinski definition) is 5. The molecule has 0 radical (unpaired) electrons. The highest BCUT2D eigenvalue weighted by Gasteiger charge is 2.37. The highest BCUT2D eigenvalue weighted by Crippen LogP contribution is 2.27. The van der Waals surface area contributed by atoms with Crippen molar-refractivity contribution >= 4 is 6.09 Å². The number of β-amino-alcohol motifs (C(OH)–C–C–N with tert-alkyl or cyclic N) is 1. The Balaban J connectivity index is 1.30. The standard InChI is InChI=1S/C22H25FN2O4/c23-16-3-1-2-15(10-16)12-25-22(27)29-21-19(24-13-20(21)26)11-14-4-6-17(7-5-14)28-18-8-9-18/h1-7,10,18-21,24,26H,8-9,11-13H2,(H,25,27)/t19-,20+,21+/m1/s1. The van der Waals surface area contributed by atoms with Crippen molar-refractivity contribution in [1.29, 1.82) is 0 Å². The number of nitrogens with one attached hydrogen (secondary N) is 2. The maximum Gasteiger partial charge on any atom is 0.407 e. The summed E-state index contributed by atoms with van der Waals surface area (Å²) >= 11 is 0. The average Bonchev–Trinajstić information content (AvgIpc) is 3.47. The first kappa shape index (κ1) is 19.7. The molecular formula is C22H25FN2O4. The average molecular weight is 400 g/mol. The van der Waals surface area contributed by atoms with E-state index in [0.29, 0.717) is 24.6 Å². The second kappa shape index (κ2) is 8.80. The predicted octanol–water partition coefficient (Wildman–Crippen LogP) is 2.54. The molecule has 154 valence electrons. The molecule has 1 heterocycles. The van der Waals surface area contributed by atoms with Crippen LogP contribution in [-0.4, -0.2) is 42.1 Å². The quantitative estimate of drug-likeness (QED) is 0.666. The number of amides is 1. The maximum atomic E-state index is 13.2. The number of halogens is 1. The third-order valence-corrected chi connectivity index (χ3v) is 5.14. The molecule has 0 aromatic heterocycles. The minimum Gasteiger partial charge on any atom is -0.490 e. The van der Waals surface area contributed by atoms with Crippen LogP contribution in [0.4, 0.5) is 9.18 Å². The highest BCUT2D eigenvalue weighted by atomic mass is 19.1. The Morgan fingerprint density at radius 2 is 1.97 bits per heavy atom. The first-order chi connectivity index (χ1) is 14.1. The van der Waals surface area contributed by atoms with Crippen LogP contribution in [0.15, 0.2) is 48.5 Å². The molecule has 2 aliphatic rings. The third kappa shape index (κ3) is 5.46. The molecule has 3 N–H and O–H groups in total. The van der Waals surface area contributed by atoms with Gasteiger partial charge in [0.2, 0.25) is 0 Å². The van der Waals surface area contributed by atoms with Gasteiger partial charge in [-0.2, -0.15) is 0 Å². The van der Waals surface area contributed by atoms with Gasteiger partial charge < -0.3 is 25.2 Å². The SMILES string of the molecule is O=C(NCc1cccc(F)c1)O[C@@H]1[C@@H](O)CN[C@@H]1Cc1ccc(OC2CC2)cc1. The summed E-state index contributed by atoms with van der Waals surface area (Å²) in [5, 5.41) is 16.0. The lowest BCUT2D eigenvalue weighted by Gasteiger charge is -2.22. The summed E-state index contributed by atoms with van der Waals surface area (Å²) in [4.78, 5) is 12.2. The monoisotopic (exact) mass is 400 g/mol. The highest BCUT2D eigenvalue weighted by molar-refractivity contribution is 5.67. The molecule has 0 bridgehead atoms. The number of aliphatic hydroxyl groups is 1. The molecule has 0 unspecified atom stereocenters. The number of ether oxygens (including phenoxy) is 2. The first-order valence-electron chi connectivity index (χ1n) is 9.93. The fraction of sp³-hybridized carbons (Fsp3) is 0.409. The molecule has 6 nitrogen and oxygen atoms in total. The van der Waals surface area contributed by atoms with Crippen molar-refractivity contribution in [3.05, 3.63) is 65.5 Å². The minimum absolute atomic E-state index is 0.153. The summed E-state index contributed by atoms with van der Waals surface area (Å²) in [7, 11) is 0. The summed E-state index contributed by atoms with van der Waals surface area (Å²) in [6, 6.07) is 13.7. The summed E-state index contributed by atoms with van der Waals surface area (Å²) in [5.74, 6) is 0.502. The summed E-state index contributed by atoms with van der Waals surface area (Å²) < 4.78 is 24.4. The molecule has 1 aliphatic heterocycles. The zero-order valence-corrected chi connectivity index (χ0v) is 16.0. The number of carbonyl (C=O) groups excluding carboxylic acids is 1. The van der Waals surface area contributed by atoms with Gasteiger partial charge in [0.1, 0.15) is 23.8 Å². The Bertz CT molecular complexity index is 841. The normalized spacial score (nSPS) is 23.6. The van der Waals surface area contributed by atoms with E-state index >= 15 is 0 Å². The van der Waals surface area contributed by atoms with E-state index in [4.69, 9.17) is 9.47 Å². The van der Waals surface area contributed by atoms with Crippen LogP contribution in [0.1, 0.15) is 24.0 Å². The number of rotatable bonds is 7. The van der Waals surface area contributed by atoms with Crippen molar-refractivity contribution in [2.75, 3.05) is 6.54 Å². The van der Waals surface area contributed by atoms with Crippen molar-refractivity contribution in [3.63, 3.8) is 0 Å². The maximum absolute atomic E-state index is 13.2. The van der Waals surface area contributed by atoms with Gasteiger partial charge in [-0.25, -0.2) is 9.18 Å². The van der Waals surface area contributed by atoms with Gasteiger partial charge in [0.25, 0.3) is 0 Å². The molecule has 0 spiro atoms. The van der Waals surface area contributed by atoms with Gasteiger partial charge in [-0.1, -0.05) is 24.3 Å². The summed E-state index contributed by atoms with van der Waals surface area (Å²) in [6.45, 7) is 0.509. The molecule has 1 amide bonds. The largest absolute Gasteiger partial charge is 0.490 e. The van der Waals surface area contributed by atoms with Crippen molar-refractivity contribution in [2.45, 2.75) is 50.2 Å². The molecule has 29 heavy (non-hydrogen) atoms. The molecule has 1 saturated heterocycles. The van der Waals surface area contributed by atoms with E-state index in [1.165, 1.54) is 12.1 Å². The van der Waals surface area contributed by atoms with Crippen molar-refractivity contribution in [3.8, 4) is 5.75 Å². The van der Waals surface area contributed by atoms with Gasteiger partial charge in [0.15, 0.2) is 0 Å². The first-order valence-corrected chi connectivity index (χ1v) is 9.93. The summed E-state index contributed by atoms with van der Waals surface area (Å²) in [5.41, 5.74) is 1.70. The van der Waals surface area contributed by atoms with E-state index in [9.17, 15) is 14.3 Å². The molecule has 1 saturated carbocycles. The van der Waals surface area contributed by atoms with E-state index < -0.39 is 18.3 Å². The second-order valence-electron chi connectivity index (χ2n) is 7.60. The number of carbonyl (C=O) groups is 1. The van der Waals surface area contributed by atoms with Crippen LogP contribution in [0, 0.1) is 5.82 Å². The Morgan fingerprint density at radius 1 is 1.17 bits per heavy atom. The Hall–Kier alpha value is -2.64.